The molecule has 4 rings (SSSR count). The van der Waals surface area contributed by atoms with Crippen LogP contribution in [0.2, 0.25) is 0 Å². The monoisotopic (exact) mass is 398 g/mol. The number of carbonyl (C=O) groups is 1. The molecule has 1 aliphatic heterocycles. The number of hydrogen-bond acceptors (Lipinski definition) is 8. The molecule has 0 aliphatic carbocycles. The summed E-state index contributed by atoms with van der Waals surface area (Å²) in [7, 11) is 0. The van der Waals surface area contributed by atoms with Crippen LogP contribution in [0.1, 0.15) is 5.56 Å². The summed E-state index contributed by atoms with van der Waals surface area (Å²) < 4.78 is 0. The van der Waals surface area contributed by atoms with E-state index in [1.54, 1.807) is 29.8 Å². The van der Waals surface area contributed by atoms with E-state index < -0.39 is 4.92 Å². The van der Waals surface area contributed by atoms with Crippen LogP contribution in [0.3, 0.4) is 0 Å². The molecular formula is C16H10N6O3S2. The number of thiazole rings is 1. The van der Waals surface area contributed by atoms with Gasteiger partial charge in [-0.2, -0.15) is 5.10 Å². The Hall–Kier alpha value is -3.31. The van der Waals surface area contributed by atoms with Gasteiger partial charge >= 0.3 is 0 Å². The van der Waals surface area contributed by atoms with Crippen molar-refractivity contribution in [2.45, 2.75) is 0 Å². The summed E-state index contributed by atoms with van der Waals surface area (Å²) >= 11 is 2.30. The molecule has 1 aromatic carbocycles. The number of rotatable bonds is 4. The molecule has 1 fully saturated rings. The molecule has 2 N–H and O–H groups in total. The van der Waals surface area contributed by atoms with Gasteiger partial charge in [-0.25, -0.2) is 9.88 Å². The molecule has 0 atom stereocenters. The van der Waals surface area contributed by atoms with Crippen LogP contribution in [0, 0.1) is 15.5 Å². The lowest BCUT2D eigenvalue weighted by Gasteiger charge is -2.08. The zero-order valence-corrected chi connectivity index (χ0v) is 15.1. The maximum absolute atomic E-state index is 12.7. The van der Waals surface area contributed by atoms with Crippen LogP contribution in [0.4, 0.5) is 10.8 Å². The second-order valence-corrected chi connectivity index (χ2v) is 7.28. The van der Waals surface area contributed by atoms with Crippen molar-refractivity contribution in [2.24, 2.45) is 0 Å². The molecule has 2 aromatic heterocycles. The molecule has 9 nitrogen and oxygen atoms in total. The lowest BCUT2D eigenvalue weighted by Crippen LogP contribution is -2.27. The molecule has 11 heteroatoms. The summed E-state index contributed by atoms with van der Waals surface area (Å²) in [6, 6.07) is 6.14. The third-order valence-electron chi connectivity index (χ3n) is 3.74. The molecule has 0 unspecified atom stereocenters. The number of amides is 1. The highest BCUT2D eigenvalue weighted by Crippen LogP contribution is 2.37. The Kier molecular flexibility index (Phi) is 4.30. The van der Waals surface area contributed by atoms with Crippen molar-refractivity contribution in [3.63, 3.8) is 0 Å². The van der Waals surface area contributed by atoms with Gasteiger partial charge in [0, 0.05) is 34.8 Å². The van der Waals surface area contributed by atoms with Crippen LogP contribution >= 0.6 is 23.1 Å². The first-order valence-electron chi connectivity index (χ1n) is 7.55. The van der Waals surface area contributed by atoms with E-state index in [1.165, 1.54) is 34.6 Å². The molecule has 1 amide bonds. The highest BCUT2D eigenvalue weighted by atomic mass is 32.2. The molecular weight excluding hydrogens is 388 g/mol. The molecule has 27 heavy (non-hydrogen) atoms. The molecule has 3 heterocycles. The first-order chi connectivity index (χ1) is 13.0. The van der Waals surface area contributed by atoms with Crippen LogP contribution in [-0.2, 0) is 4.79 Å². The summed E-state index contributed by atoms with van der Waals surface area (Å²) in [5.41, 5.74) is 1.69. The van der Waals surface area contributed by atoms with Crippen molar-refractivity contribution >= 4 is 51.1 Å². The molecule has 0 spiro atoms. The number of nitro benzene ring substituents is 1. The largest absolute Gasteiger partial charge is 0.278 e. The Morgan fingerprint density at radius 3 is 2.96 bits per heavy atom. The van der Waals surface area contributed by atoms with Gasteiger partial charge in [-0.05, 0) is 17.8 Å². The SMILES string of the molecule is N=C1SC(=Cc2cn[nH]c2-c2cccc([N+](=O)[O-])c2)C(=O)N1c1nccs1. The first-order valence-corrected chi connectivity index (χ1v) is 9.24. The van der Waals surface area contributed by atoms with E-state index in [-0.39, 0.29) is 16.8 Å². The molecule has 1 aliphatic rings. The quantitative estimate of drug-likeness (QED) is 0.393. The van der Waals surface area contributed by atoms with E-state index in [0.29, 0.717) is 26.9 Å². The van der Waals surface area contributed by atoms with Crippen LogP contribution < -0.4 is 4.90 Å². The van der Waals surface area contributed by atoms with E-state index in [1.807, 2.05) is 0 Å². The average Bonchev–Trinajstić information content (AvgIpc) is 3.37. The Balaban J connectivity index is 1.70. The van der Waals surface area contributed by atoms with Crippen LogP contribution in [0.25, 0.3) is 17.3 Å². The van der Waals surface area contributed by atoms with E-state index in [0.717, 1.165) is 11.8 Å². The summed E-state index contributed by atoms with van der Waals surface area (Å²) in [6.07, 6.45) is 4.72. The number of anilines is 1. The zero-order chi connectivity index (χ0) is 19.0. The van der Waals surface area contributed by atoms with Gasteiger partial charge in [0.15, 0.2) is 10.3 Å². The van der Waals surface area contributed by atoms with Gasteiger partial charge in [0.25, 0.3) is 11.6 Å². The summed E-state index contributed by atoms with van der Waals surface area (Å²) in [6.45, 7) is 0. The average molecular weight is 398 g/mol. The summed E-state index contributed by atoms with van der Waals surface area (Å²) in [5.74, 6) is -0.342. The van der Waals surface area contributed by atoms with Crippen molar-refractivity contribution in [3.8, 4) is 11.3 Å². The molecule has 3 aromatic rings. The third-order valence-corrected chi connectivity index (χ3v) is 5.38. The number of aromatic nitrogens is 3. The van der Waals surface area contributed by atoms with Crippen molar-refractivity contribution in [1.29, 1.82) is 5.41 Å². The maximum Gasteiger partial charge on any atom is 0.273 e. The fourth-order valence-corrected chi connectivity index (χ4v) is 4.08. The number of nitrogens with zero attached hydrogens (tertiary/aromatic N) is 4. The van der Waals surface area contributed by atoms with Gasteiger partial charge in [-0.3, -0.25) is 25.4 Å². The lowest BCUT2D eigenvalue weighted by atomic mass is 10.1. The predicted octanol–water partition coefficient (Wildman–Crippen LogP) is 3.50. The zero-order valence-electron chi connectivity index (χ0n) is 13.4. The fourth-order valence-electron chi connectivity index (χ4n) is 2.54. The molecule has 134 valence electrons. The lowest BCUT2D eigenvalue weighted by molar-refractivity contribution is -0.384. The normalized spacial score (nSPS) is 15.7. The maximum atomic E-state index is 12.7. The number of aromatic amines is 1. The molecule has 0 saturated carbocycles. The Labute approximate surface area is 160 Å². The Bertz CT molecular complexity index is 1090. The summed E-state index contributed by atoms with van der Waals surface area (Å²) in [4.78, 5) is 28.9. The number of amidine groups is 1. The van der Waals surface area contributed by atoms with E-state index in [2.05, 4.69) is 15.2 Å². The smallest absolute Gasteiger partial charge is 0.273 e. The standard InChI is InChI=1S/C16H10N6O3S2/c17-15-21(16-18-4-5-26-16)14(23)12(27-15)7-10-8-19-20-13(10)9-2-1-3-11(6-9)22(24)25/h1-8,17H,(H,19,20). The first kappa shape index (κ1) is 17.1. The van der Waals surface area contributed by atoms with E-state index in [4.69, 9.17) is 5.41 Å². The number of hydrogen-bond donors (Lipinski definition) is 2. The van der Waals surface area contributed by atoms with Gasteiger partial charge in [0.1, 0.15) is 0 Å². The molecule has 0 bridgehead atoms. The van der Waals surface area contributed by atoms with Gasteiger partial charge in [-0.15, -0.1) is 11.3 Å². The molecule has 1 saturated heterocycles. The van der Waals surface area contributed by atoms with Gasteiger partial charge < -0.3 is 0 Å². The van der Waals surface area contributed by atoms with Crippen LogP contribution in [0.15, 0.2) is 46.9 Å². The highest BCUT2D eigenvalue weighted by Gasteiger charge is 2.35. The number of nitrogens with one attached hydrogen (secondary N) is 2. The third kappa shape index (κ3) is 3.13. The Morgan fingerprint density at radius 2 is 2.22 bits per heavy atom. The van der Waals surface area contributed by atoms with Crippen molar-refractivity contribution < 1.29 is 9.72 Å². The number of non-ortho nitro benzene ring substituents is 1. The van der Waals surface area contributed by atoms with Gasteiger partial charge in [-0.1, -0.05) is 12.1 Å². The summed E-state index contributed by atoms with van der Waals surface area (Å²) in [5, 5.41) is 28.1. The van der Waals surface area contributed by atoms with Crippen LogP contribution in [-0.4, -0.2) is 31.2 Å². The molecule has 0 radical (unpaired) electrons. The van der Waals surface area contributed by atoms with Gasteiger partial charge in [0.2, 0.25) is 0 Å². The van der Waals surface area contributed by atoms with Crippen molar-refractivity contribution in [2.75, 3.05) is 4.90 Å². The number of carbonyl (C=O) groups excluding carboxylic acids is 1. The van der Waals surface area contributed by atoms with E-state index >= 15 is 0 Å². The number of nitro groups is 1. The van der Waals surface area contributed by atoms with E-state index in [9.17, 15) is 14.9 Å². The predicted molar refractivity (Wildman–Crippen MR) is 104 cm³/mol. The number of benzene rings is 1. The number of thioether (sulfide) groups is 1. The minimum absolute atomic E-state index is 0.0382. The minimum atomic E-state index is -0.471. The van der Waals surface area contributed by atoms with Gasteiger partial charge in [0.05, 0.1) is 21.7 Å². The second kappa shape index (κ2) is 6.78. The second-order valence-electron chi connectivity index (χ2n) is 5.38. The number of H-pyrrole nitrogens is 1. The van der Waals surface area contributed by atoms with Crippen molar-refractivity contribution in [3.05, 3.63) is 62.6 Å². The highest BCUT2D eigenvalue weighted by molar-refractivity contribution is 8.19. The Morgan fingerprint density at radius 1 is 1.37 bits per heavy atom. The topological polar surface area (TPSA) is 129 Å². The van der Waals surface area contributed by atoms with Crippen LogP contribution in [0.5, 0.6) is 0 Å². The fraction of sp³-hybridized carbons (Fsp3) is 0. The minimum Gasteiger partial charge on any atom is -0.278 e. The van der Waals surface area contributed by atoms with Crippen molar-refractivity contribution in [1.82, 2.24) is 15.2 Å².